The zero-order valence-electron chi connectivity index (χ0n) is 17.8. The summed E-state index contributed by atoms with van der Waals surface area (Å²) < 4.78 is 1.07. The Labute approximate surface area is 198 Å². The summed E-state index contributed by atoms with van der Waals surface area (Å²) in [6.07, 6.45) is -1.50. The Morgan fingerprint density at radius 3 is 2.70 bits per heavy atom. The number of nitrogens with one attached hydrogen (secondary N) is 2. The number of nitrogens with zero attached hydrogens (tertiary/aromatic N) is 3. The minimum Gasteiger partial charge on any atom is -0.390 e. The lowest BCUT2D eigenvalue weighted by Gasteiger charge is -2.25. The molecule has 0 spiro atoms. The highest BCUT2D eigenvalue weighted by molar-refractivity contribution is 7.21. The summed E-state index contributed by atoms with van der Waals surface area (Å²) in [4.78, 5) is 14.2. The number of hydrogen-bond donors (Lipinski definition) is 5. The second-order valence-corrected chi connectivity index (χ2v) is 10.5. The second-order valence-electron chi connectivity index (χ2n) is 8.70. The predicted octanol–water partition coefficient (Wildman–Crippen LogP) is 3.00. The number of aromatic nitrogens is 3. The van der Waals surface area contributed by atoms with Crippen LogP contribution in [0.25, 0.3) is 20.8 Å². The lowest BCUT2D eigenvalue weighted by molar-refractivity contribution is -0.0262. The first-order valence-electron chi connectivity index (χ1n) is 10.8. The van der Waals surface area contributed by atoms with Crippen molar-refractivity contribution >= 4 is 44.7 Å². The van der Waals surface area contributed by atoms with Gasteiger partial charge in [-0.3, -0.25) is 0 Å². The Balaban J connectivity index is 1.37. The smallest absolute Gasteiger partial charge is 0.225 e. The zero-order chi connectivity index (χ0) is 22.7. The third-order valence-electron chi connectivity index (χ3n) is 6.65. The first kappa shape index (κ1) is 20.9. The van der Waals surface area contributed by atoms with Gasteiger partial charge in [-0.25, -0.2) is 9.97 Å². The van der Waals surface area contributed by atoms with E-state index in [1.54, 1.807) is 22.7 Å². The Morgan fingerprint density at radius 1 is 1.12 bits per heavy atom. The van der Waals surface area contributed by atoms with E-state index in [-0.39, 0.29) is 5.92 Å². The maximum atomic E-state index is 10.7. The molecule has 2 fully saturated rings. The van der Waals surface area contributed by atoms with Crippen LogP contribution >= 0.6 is 22.7 Å². The van der Waals surface area contributed by atoms with Gasteiger partial charge in [0.05, 0.1) is 33.6 Å². The van der Waals surface area contributed by atoms with Gasteiger partial charge in [-0.15, -0.1) is 11.3 Å². The highest BCUT2D eigenvalue weighted by atomic mass is 32.1. The van der Waals surface area contributed by atoms with E-state index in [9.17, 15) is 15.3 Å². The molecule has 0 amide bonds. The van der Waals surface area contributed by atoms with Crippen molar-refractivity contribution in [2.24, 2.45) is 5.92 Å². The molecule has 8 nitrogen and oxygen atoms in total. The summed E-state index contributed by atoms with van der Waals surface area (Å²) in [5.41, 5.74) is 2.15. The van der Waals surface area contributed by atoms with Crippen molar-refractivity contribution in [1.82, 2.24) is 15.0 Å². The molecule has 6 rings (SSSR count). The average molecular weight is 482 g/mol. The maximum absolute atomic E-state index is 10.7. The molecule has 33 heavy (non-hydrogen) atoms. The van der Waals surface area contributed by atoms with Gasteiger partial charge < -0.3 is 26.0 Å². The van der Waals surface area contributed by atoms with Crippen LogP contribution < -0.4 is 10.6 Å². The van der Waals surface area contributed by atoms with Gasteiger partial charge in [0, 0.05) is 12.5 Å². The summed E-state index contributed by atoms with van der Waals surface area (Å²) in [5, 5.41) is 42.7. The SMILES string of the molecule is Cc1nc(NCc2ccsc2)nc(N[C@@H]2C[C@@H]3C(O)[C@]3(O)[C@H]2O)c1-c1nc2ccccc2s1. The maximum Gasteiger partial charge on any atom is 0.225 e. The van der Waals surface area contributed by atoms with Crippen LogP contribution in [0.2, 0.25) is 0 Å². The minimum atomic E-state index is -1.43. The minimum absolute atomic E-state index is 0.324. The molecule has 0 radical (unpaired) electrons. The highest BCUT2D eigenvalue weighted by Gasteiger charge is 2.74. The molecule has 1 aromatic carbocycles. The van der Waals surface area contributed by atoms with Crippen LogP contribution in [0.1, 0.15) is 17.7 Å². The summed E-state index contributed by atoms with van der Waals surface area (Å²) in [5.74, 6) is 0.704. The van der Waals surface area contributed by atoms with Gasteiger partial charge >= 0.3 is 0 Å². The van der Waals surface area contributed by atoms with E-state index in [1.807, 2.05) is 42.6 Å². The molecule has 3 aromatic heterocycles. The standard InChI is InChI=1S/C23H23N5O3S2/c1-11-17(21-27-14-4-2-3-5-16(14)33-21)20(26-15-8-13-18(29)23(13,31)19(15)30)28-22(25-11)24-9-12-6-7-32-10-12/h2-7,10,13,15,18-19,29-31H,8-9H2,1H3,(H2,24,25,26,28)/t13-,15-,18?,19+,23+/m1/s1. The summed E-state index contributed by atoms with van der Waals surface area (Å²) in [6, 6.07) is 9.56. The zero-order valence-corrected chi connectivity index (χ0v) is 19.4. The van der Waals surface area contributed by atoms with E-state index in [1.165, 1.54) is 0 Å². The molecule has 0 saturated heterocycles. The molecule has 5 atom stereocenters. The van der Waals surface area contributed by atoms with Gasteiger partial charge in [0.15, 0.2) is 0 Å². The monoisotopic (exact) mass is 481 g/mol. The summed E-state index contributed by atoms with van der Waals surface area (Å²) >= 11 is 3.20. The van der Waals surface area contributed by atoms with Gasteiger partial charge in [-0.2, -0.15) is 16.3 Å². The van der Waals surface area contributed by atoms with Gasteiger partial charge in [0.1, 0.15) is 22.5 Å². The van der Waals surface area contributed by atoms with Crippen molar-refractivity contribution in [2.75, 3.05) is 10.6 Å². The van der Waals surface area contributed by atoms with E-state index in [0.29, 0.717) is 24.7 Å². The van der Waals surface area contributed by atoms with E-state index in [4.69, 9.17) is 9.97 Å². The quantitative estimate of drug-likeness (QED) is 0.285. The lowest BCUT2D eigenvalue weighted by Crippen LogP contribution is -2.42. The predicted molar refractivity (Wildman–Crippen MR) is 130 cm³/mol. The lowest BCUT2D eigenvalue weighted by atomic mass is 10.1. The molecule has 2 saturated carbocycles. The summed E-state index contributed by atoms with van der Waals surface area (Å²) in [6.45, 7) is 2.52. The van der Waals surface area contributed by atoms with Gasteiger partial charge in [-0.1, -0.05) is 12.1 Å². The molecular weight excluding hydrogens is 458 g/mol. The molecule has 2 aliphatic rings. The Morgan fingerprint density at radius 2 is 1.97 bits per heavy atom. The van der Waals surface area contributed by atoms with Crippen molar-refractivity contribution in [3.05, 3.63) is 52.3 Å². The Bertz CT molecular complexity index is 1290. The molecule has 0 bridgehead atoms. The molecule has 4 aromatic rings. The highest BCUT2D eigenvalue weighted by Crippen LogP contribution is 2.56. The van der Waals surface area contributed by atoms with Crippen molar-refractivity contribution in [1.29, 1.82) is 0 Å². The summed E-state index contributed by atoms with van der Waals surface area (Å²) in [7, 11) is 0. The number of fused-ring (bicyclic) bond motifs is 2. The topological polar surface area (TPSA) is 123 Å². The molecular formula is C23H23N5O3S2. The van der Waals surface area contributed by atoms with E-state index in [2.05, 4.69) is 21.0 Å². The molecule has 10 heteroatoms. The number of rotatable bonds is 6. The van der Waals surface area contributed by atoms with Crippen molar-refractivity contribution in [3.8, 4) is 10.6 Å². The number of aliphatic hydroxyl groups excluding tert-OH is 2. The van der Waals surface area contributed by atoms with Crippen LogP contribution in [-0.2, 0) is 6.54 Å². The van der Waals surface area contributed by atoms with Gasteiger partial charge in [0.2, 0.25) is 5.95 Å². The largest absolute Gasteiger partial charge is 0.390 e. The fourth-order valence-electron chi connectivity index (χ4n) is 4.76. The fraction of sp³-hybridized carbons (Fsp3) is 0.348. The number of para-hydroxylation sites is 1. The number of aliphatic hydroxyl groups is 3. The van der Waals surface area contributed by atoms with Crippen LogP contribution in [0.5, 0.6) is 0 Å². The molecule has 5 N–H and O–H groups in total. The van der Waals surface area contributed by atoms with Gasteiger partial charge in [-0.05, 0) is 47.9 Å². The van der Waals surface area contributed by atoms with Crippen molar-refractivity contribution < 1.29 is 15.3 Å². The van der Waals surface area contributed by atoms with Crippen LogP contribution in [0, 0.1) is 12.8 Å². The number of thiophene rings is 1. The molecule has 0 aliphatic heterocycles. The van der Waals surface area contributed by atoms with E-state index >= 15 is 0 Å². The van der Waals surface area contributed by atoms with E-state index in [0.717, 1.165) is 32.0 Å². The van der Waals surface area contributed by atoms with Crippen molar-refractivity contribution in [3.63, 3.8) is 0 Å². The van der Waals surface area contributed by atoms with E-state index < -0.39 is 23.9 Å². The number of hydrogen-bond acceptors (Lipinski definition) is 10. The first-order valence-corrected chi connectivity index (χ1v) is 12.6. The number of anilines is 2. The Hall–Kier alpha value is -2.63. The molecule has 1 unspecified atom stereocenters. The molecule has 170 valence electrons. The number of thiazole rings is 1. The number of benzene rings is 1. The third-order valence-corrected chi connectivity index (χ3v) is 8.44. The van der Waals surface area contributed by atoms with Crippen molar-refractivity contribution in [2.45, 2.75) is 43.7 Å². The molecule has 2 aliphatic carbocycles. The average Bonchev–Trinajstić information content (AvgIpc) is 3.31. The third kappa shape index (κ3) is 3.41. The fourth-order valence-corrected chi connectivity index (χ4v) is 6.49. The van der Waals surface area contributed by atoms with Gasteiger partial charge in [0.25, 0.3) is 0 Å². The van der Waals surface area contributed by atoms with Crippen LogP contribution in [0.4, 0.5) is 11.8 Å². The normalized spacial score (nSPS) is 28.1. The van der Waals surface area contributed by atoms with Crippen LogP contribution in [0.3, 0.4) is 0 Å². The first-order chi connectivity index (χ1) is 15.9. The number of aryl methyl sites for hydroxylation is 1. The second kappa shape index (κ2) is 7.71. The Kier molecular flexibility index (Phi) is 4.89. The van der Waals surface area contributed by atoms with Crippen LogP contribution in [-0.4, -0.2) is 54.1 Å². The molecule has 3 heterocycles. The van der Waals surface area contributed by atoms with Crippen LogP contribution in [0.15, 0.2) is 41.1 Å².